The molecule has 0 fully saturated rings. The summed E-state index contributed by atoms with van der Waals surface area (Å²) in [5.74, 6) is -0.489. The number of benzene rings is 1. The third kappa shape index (κ3) is 5.80. The van der Waals surface area contributed by atoms with E-state index < -0.39 is 15.0 Å². The van der Waals surface area contributed by atoms with E-state index in [4.69, 9.17) is 31.8 Å². The van der Waals surface area contributed by atoms with Gasteiger partial charge in [0.05, 0.1) is 17.6 Å². The second kappa shape index (κ2) is 7.95. The van der Waals surface area contributed by atoms with Gasteiger partial charge in [-0.15, -0.1) is 0 Å². The minimum Gasteiger partial charge on any atom is -0.382 e. The Hall–Kier alpha value is -0.860. The van der Waals surface area contributed by atoms with Gasteiger partial charge in [-0.1, -0.05) is 11.6 Å². The molecule has 0 aliphatic carbocycles. The number of rotatable bonds is 7. The lowest BCUT2D eigenvalue weighted by atomic mass is 10.2. The molecule has 0 aliphatic heterocycles. The molecular formula is C12H15Cl2NO5S. The maximum absolute atomic E-state index is 12.0. The van der Waals surface area contributed by atoms with Crippen molar-refractivity contribution in [1.29, 1.82) is 0 Å². The van der Waals surface area contributed by atoms with Gasteiger partial charge in [0.25, 0.3) is 15.0 Å². The average molecular weight is 356 g/mol. The summed E-state index contributed by atoms with van der Waals surface area (Å²) in [6, 6.07) is 3.67. The largest absolute Gasteiger partial charge is 0.382 e. The van der Waals surface area contributed by atoms with Crippen LogP contribution in [0.25, 0.3) is 0 Å². The monoisotopic (exact) mass is 355 g/mol. The summed E-state index contributed by atoms with van der Waals surface area (Å²) in [5, 5.41) is 2.70. The zero-order valence-corrected chi connectivity index (χ0v) is 13.8. The molecule has 0 radical (unpaired) electrons. The Morgan fingerprint density at radius 1 is 1.33 bits per heavy atom. The van der Waals surface area contributed by atoms with Gasteiger partial charge in [0.2, 0.25) is 0 Å². The van der Waals surface area contributed by atoms with Crippen molar-refractivity contribution in [3.8, 4) is 0 Å². The molecule has 0 spiro atoms. The van der Waals surface area contributed by atoms with Crippen molar-refractivity contribution in [2.45, 2.75) is 11.0 Å². The van der Waals surface area contributed by atoms with Crippen LogP contribution < -0.4 is 5.32 Å². The average Bonchev–Trinajstić information content (AvgIpc) is 2.41. The summed E-state index contributed by atoms with van der Waals surface area (Å²) >= 11 is 5.79. The zero-order valence-electron chi connectivity index (χ0n) is 11.4. The molecule has 1 amide bonds. The van der Waals surface area contributed by atoms with E-state index in [1.54, 1.807) is 0 Å². The smallest absolute Gasteiger partial charge is 0.261 e. The van der Waals surface area contributed by atoms with Crippen molar-refractivity contribution in [2.24, 2.45) is 0 Å². The quantitative estimate of drug-likeness (QED) is 0.752. The molecule has 0 aromatic heterocycles. The summed E-state index contributed by atoms with van der Waals surface area (Å²) in [6.07, 6.45) is -0.311. The van der Waals surface area contributed by atoms with E-state index in [0.29, 0.717) is 6.61 Å². The summed E-state index contributed by atoms with van der Waals surface area (Å²) in [5.41, 5.74) is 0.0917. The van der Waals surface area contributed by atoms with E-state index in [2.05, 4.69) is 5.32 Å². The third-order valence-corrected chi connectivity index (χ3v) is 4.14. The minimum absolute atomic E-state index is 0.0917. The van der Waals surface area contributed by atoms with E-state index in [1.165, 1.54) is 26.4 Å². The number of nitrogens with one attached hydrogen (secondary N) is 1. The maximum atomic E-state index is 12.0. The molecule has 0 saturated carbocycles. The molecule has 1 rings (SSSR count). The Labute approximate surface area is 132 Å². The van der Waals surface area contributed by atoms with Gasteiger partial charge in [-0.05, 0) is 18.2 Å². The van der Waals surface area contributed by atoms with Crippen LogP contribution in [-0.4, -0.2) is 47.8 Å². The van der Waals surface area contributed by atoms with E-state index in [-0.39, 0.29) is 28.1 Å². The molecule has 1 N–H and O–H groups in total. The van der Waals surface area contributed by atoms with Gasteiger partial charge in [0.15, 0.2) is 0 Å². The van der Waals surface area contributed by atoms with Gasteiger partial charge < -0.3 is 14.8 Å². The second-order valence-corrected chi connectivity index (χ2v) is 7.14. The molecule has 0 aliphatic rings. The Kier molecular flexibility index (Phi) is 6.89. The summed E-state index contributed by atoms with van der Waals surface area (Å²) in [4.78, 5) is 11.8. The van der Waals surface area contributed by atoms with Crippen LogP contribution in [0.1, 0.15) is 10.4 Å². The molecule has 118 valence electrons. The fourth-order valence-corrected chi connectivity index (χ4v) is 2.64. The van der Waals surface area contributed by atoms with E-state index >= 15 is 0 Å². The van der Waals surface area contributed by atoms with Crippen molar-refractivity contribution < 1.29 is 22.7 Å². The van der Waals surface area contributed by atoms with Gasteiger partial charge in [0.1, 0.15) is 0 Å². The normalized spacial score (nSPS) is 13.0. The van der Waals surface area contributed by atoms with Crippen LogP contribution >= 0.6 is 22.3 Å². The number of carbonyl (C=O) groups is 1. The van der Waals surface area contributed by atoms with Crippen LogP contribution in [0.5, 0.6) is 0 Å². The number of amides is 1. The van der Waals surface area contributed by atoms with Crippen LogP contribution in [-0.2, 0) is 18.5 Å². The Morgan fingerprint density at radius 3 is 2.52 bits per heavy atom. The fourth-order valence-electron chi connectivity index (χ4n) is 1.54. The van der Waals surface area contributed by atoms with Crippen LogP contribution in [0.2, 0.25) is 5.02 Å². The van der Waals surface area contributed by atoms with E-state index in [0.717, 1.165) is 6.07 Å². The number of ether oxygens (including phenoxy) is 2. The number of methoxy groups -OCH3 is 2. The third-order valence-electron chi connectivity index (χ3n) is 2.59. The molecule has 0 bridgehead atoms. The zero-order chi connectivity index (χ0) is 16.0. The lowest BCUT2D eigenvalue weighted by Gasteiger charge is -2.15. The molecule has 1 aromatic carbocycles. The summed E-state index contributed by atoms with van der Waals surface area (Å²) in [6.45, 7) is 0.520. The Morgan fingerprint density at radius 2 is 2.00 bits per heavy atom. The van der Waals surface area contributed by atoms with Gasteiger partial charge in [-0.3, -0.25) is 4.79 Å². The lowest BCUT2D eigenvalue weighted by molar-refractivity contribution is 0.0285. The standard InChI is InChI=1S/C12H15Cl2NO5S/c1-19-7-10(20-2)6-15-12(16)8-3-9(13)5-11(4-8)21(14,17)18/h3-5,10H,6-7H2,1-2H3,(H,15,16). The molecule has 1 aromatic rings. The number of hydrogen-bond acceptors (Lipinski definition) is 5. The fraction of sp³-hybridized carbons (Fsp3) is 0.417. The first-order chi connectivity index (χ1) is 9.77. The van der Waals surface area contributed by atoms with E-state index in [9.17, 15) is 13.2 Å². The van der Waals surface area contributed by atoms with Gasteiger partial charge in [-0.25, -0.2) is 8.42 Å². The second-order valence-electron chi connectivity index (χ2n) is 4.14. The maximum Gasteiger partial charge on any atom is 0.261 e. The molecular weight excluding hydrogens is 341 g/mol. The van der Waals surface area contributed by atoms with Crippen LogP contribution in [0.15, 0.2) is 23.1 Å². The number of hydrogen-bond donors (Lipinski definition) is 1. The molecule has 6 nitrogen and oxygen atoms in total. The number of halogens is 2. The summed E-state index contributed by atoms with van der Waals surface area (Å²) < 4.78 is 32.6. The minimum atomic E-state index is -3.96. The van der Waals surface area contributed by atoms with Crippen molar-refractivity contribution in [3.63, 3.8) is 0 Å². The van der Waals surface area contributed by atoms with Gasteiger partial charge >= 0.3 is 0 Å². The highest BCUT2D eigenvalue weighted by Gasteiger charge is 2.16. The molecule has 1 atom stereocenters. The Bertz CT molecular complexity index is 606. The van der Waals surface area contributed by atoms with E-state index in [1.807, 2.05) is 0 Å². The number of carbonyl (C=O) groups excluding carboxylic acids is 1. The predicted molar refractivity (Wildman–Crippen MR) is 79.5 cm³/mol. The Balaban J connectivity index is 2.86. The molecule has 9 heteroatoms. The van der Waals surface area contributed by atoms with Crippen LogP contribution in [0, 0.1) is 0 Å². The topological polar surface area (TPSA) is 81.7 Å². The van der Waals surface area contributed by atoms with Crippen molar-refractivity contribution in [2.75, 3.05) is 27.4 Å². The van der Waals surface area contributed by atoms with Crippen molar-refractivity contribution in [1.82, 2.24) is 5.32 Å². The molecule has 1 unspecified atom stereocenters. The van der Waals surface area contributed by atoms with Crippen molar-refractivity contribution in [3.05, 3.63) is 28.8 Å². The first-order valence-corrected chi connectivity index (χ1v) is 8.52. The van der Waals surface area contributed by atoms with Gasteiger partial charge in [0, 0.05) is 42.0 Å². The van der Waals surface area contributed by atoms with Crippen molar-refractivity contribution >= 4 is 37.2 Å². The SMILES string of the molecule is COCC(CNC(=O)c1cc(Cl)cc(S(=O)(=O)Cl)c1)OC. The first-order valence-electron chi connectivity index (χ1n) is 5.83. The molecule has 0 saturated heterocycles. The van der Waals surface area contributed by atoms with Crippen LogP contribution in [0.4, 0.5) is 0 Å². The molecule has 0 heterocycles. The van der Waals surface area contributed by atoms with Crippen LogP contribution in [0.3, 0.4) is 0 Å². The lowest BCUT2D eigenvalue weighted by Crippen LogP contribution is -2.35. The van der Waals surface area contributed by atoms with Gasteiger partial charge in [-0.2, -0.15) is 0 Å². The summed E-state index contributed by atoms with van der Waals surface area (Å²) in [7, 11) is 4.29. The highest BCUT2D eigenvalue weighted by atomic mass is 35.7. The highest BCUT2D eigenvalue weighted by Crippen LogP contribution is 2.22. The highest BCUT2D eigenvalue weighted by molar-refractivity contribution is 8.13. The first kappa shape index (κ1) is 18.2. The molecule has 21 heavy (non-hydrogen) atoms. The predicted octanol–water partition coefficient (Wildman–Crippen LogP) is 1.66.